The lowest BCUT2D eigenvalue weighted by molar-refractivity contribution is 0.285. The van der Waals surface area contributed by atoms with Gasteiger partial charge in [0.1, 0.15) is 0 Å². The van der Waals surface area contributed by atoms with E-state index >= 15 is 0 Å². The summed E-state index contributed by atoms with van der Waals surface area (Å²) in [7, 11) is 1.63. The molecule has 22 heavy (non-hydrogen) atoms. The molecule has 3 nitrogen and oxygen atoms in total. The van der Waals surface area contributed by atoms with Crippen LogP contribution in [0.4, 0.5) is 0 Å². The minimum absolute atomic E-state index is 0.156. The number of hydrogen-bond acceptors (Lipinski definition) is 3. The fourth-order valence-electron chi connectivity index (χ4n) is 2.29. The van der Waals surface area contributed by atoms with Crippen LogP contribution < -0.4 is 9.47 Å². The fraction of sp³-hybridized carbons (Fsp3) is 0.316. The van der Waals surface area contributed by atoms with Crippen molar-refractivity contribution >= 4 is 0 Å². The van der Waals surface area contributed by atoms with Crippen LogP contribution in [0.1, 0.15) is 29.0 Å². The summed E-state index contributed by atoms with van der Waals surface area (Å²) in [6.07, 6.45) is 0.649. The normalized spacial score (nSPS) is 11.5. The van der Waals surface area contributed by atoms with Gasteiger partial charge in [-0.1, -0.05) is 35.9 Å². The minimum atomic E-state index is -0.156. The first-order chi connectivity index (χ1) is 10.6. The highest BCUT2D eigenvalue weighted by Crippen LogP contribution is 2.28. The molecule has 0 aliphatic heterocycles. The Labute approximate surface area is 132 Å². The van der Waals surface area contributed by atoms with Gasteiger partial charge < -0.3 is 9.47 Å². The first kappa shape index (κ1) is 15.9. The quantitative estimate of drug-likeness (QED) is 0.793. The minimum Gasteiger partial charge on any atom is -0.493 e. The molecule has 2 rings (SSSR count). The van der Waals surface area contributed by atoms with Crippen LogP contribution in [-0.2, 0) is 0 Å². The van der Waals surface area contributed by atoms with Crippen molar-refractivity contribution in [2.24, 2.45) is 0 Å². The van der Waals surface area contributed by atoms with Crippen molar-refractivity contribution in [2.45, 2.75) is 26.2 Å². The maximum atomic E-state index is 9.35. The molecule has 0 bridgehead atoms. The van der Waals surface area contributed by atoms with Crippen LogP contribution >= 0.6 is 0 Å². The van der Waals surface area contributed by atoms with Gasteiger partial charge in [0.2, 0.25) is 0 Å². The lowest BCUT2D eigenvalue weighted by Crippen LogP contribution is -2.05. The lowest BCUT2D eigenvalue weighted by atomic mass is 9.97. The number of nitriles is 1. The Hall–Kier alpha value is -2.47. The molecule has 0 amide bonds. The van der Waals surface area contributed by atoms with E-state index in [2.05, 4.69) is 6.07 Å². The number of ether oxygens (including phenoxy) is 2. The predicted molar refractivity (Wildman–Crippen MR) is 87.4 cm³/mol. The highest BCUT2D eigenvalue weighted by Gasteiger charge is 2.11. The van der Waals surface area contributed by atoms with Gasteiger partial charge in [0, 0.05) is 6.42 Å². The number of benzene rings is 2. The third-order valence-corrected chi connectivity index (χ3v) is 3.62. The molecular formula is C19H21NO2. The van der Waals surface area contributed by atoms with Gasteiger partial charge in [0.15, 0.2) is 11.5 Å². The van der Waals surface area contributed by atoms with Crippen molar-refractivity contribution < 1.29 is 9.47 Å². The first-order valence-corrected chi connectivity index (χ1v) is 7.37. The average molecular weight is 295 g/mol. The van der Waals surface area contributed by atoms with E-state index in [4.69, 9.17) is 9.47 Å². The molecule has 2 aromatic rings. The molecule has 1 atom stereocenters. The van der Waals surface area contributed by atoms with Gasteiger partial charge in [-0.25, -0.2) is 0 Å². The third-order valence-electron chi connectivity index (χ3n) is 3.62. The Bertz CT molecular complexity index is 656. The molecule has 0 aliphatic carbocycles. The smallest absolute Gasteiger partial charge is 0.161 e. The monoisotopic (exact) mass is 295 g/mol. The molecule has 1 unspecified atom stereocenters. The Morgan fingerprint density at radius 3 is 2.32 bits per heavy atom. The summed E-state index contributed by atoms with van der Waals surface area (Å²) in [5, 5.41) is 9.35. The number of rotatable bonds is 6. The van der Waals surface area contributed by atoms with E-state index < -0.39 is 0 Å². The van der Waals surface area contributed by atoms with Crippen LogP contribution in [-0.4, -0.2) is 13.7 Å². The summed E-state index contributed by atoms with van der Waals surface area (Å²) in [6.45, 7) is 4.53. The van der Waals surface area contributed by atoms with E-state index in [0.29, 0.717) is 18.8 Å². The molecule has 0 radical (unpaired) electrons. The van der Waals surface area contributed by atoms with Crippen molar-refractivity contribution in [1.29, 1.82) is 5.26 Å². The van der Waals surface area contributed by atoms with Crippen molar-refractivity contribution in [2.75, 3.05) is 13.7 Å². The Kier molecular flexibility index (Phi) is 5.43. The number of methoxy groups -OCH3 is 1. The maximum absolute atomic E-state index is 9.35. The molecular weight excluding hydrogens is 274 g/mol. The second-order valence-electron chi connectivity index (χ2n) is 5.38. The van der Waals surface area contributed by atoms with Gasteiger partial charge in [-0.15, -0.1) is 0 Å². The van der Waals surface area contributed by atoms with E-state index in [1.54, 1.807) is 7.11 Å². The zero-order valence-corrected chi connectivity index (χ0v) is 13.3. The summed E-state index contributed by atoms with van der Waals surface area (Å²) in [4.78, 5) is 0. The van der Waals surface area contributed by atoms with Gasteiger partial charge in [-0.05, 0) is 37.1 Å². The molecule has 3 heteroatoms. The topological polar surface area (TPSA) is 42.2 Å². The average Bonchev–Trinajstić information content (AvgIpc) is 2.53. The van der Waals surface area contributed by atoms with Gasteiger partial charge in [-0.2, -0.15) is 5.26 Å². The predicted octanol–water partition coefficient (Wildman–Crippen LogP) is 4.39. The third kappa shape index (κ3) is 4.02. The second kappa shape index (κ2) is 7.51. The molecule has 114 valence electrons. The van der Waals surface area contributed by atoms with Gasteiger partial charge in [0.05, 0.1) is 25.7 Å². The fourth-order valence-corrected chi connectivity index (χ4v) is 2.29. The number of nitrogens with zero attached hydrogens (tertiary/aromatic N) is 1. The highest BCUT2D eigenvalue weighted by molar-refractivity contribution is 5.42. The van der Waals surface area contributed by atoms with Crippen LogP contribution in [0.3, 0.4) is 0 Å². The van der Waals surface area contributed by atoms with Gasteiger partial charge in [-0.3, -0.25) is 0 Å². The van der Waals surface area contributed by atoms with Crippen molar-refractivity contribution in [3.05, 3.63) is 59.2 Å². The second-order valence-corrected chi connectivity index (χ2v) is 5.38. The first-order valence-electron chi connectivity index (χ1n) is 7.37. The SMILES string of the molecule is COc1cc(C)ccc1OCCC(C#N)c1ccc(C)cc1. The van der Waals surface area contributed by atoms with E-state index in [-0.39, 0.29) is 5.92 Å². The van der Waals surface area contributed by atoms with Crippen molar-refractivity contribution in [1.82, 2.24) is 0 Å². The van der Waals surface area contributed by atoms with Crippen LogP contribution in [0, 0.1) is 25.2 Å². The Morgan fingerprint density at radius 2 is 1.68 bits per heavy atom. The molecule has 2 aromatic carbocycles. The maximum Gasteiger partial charge on any atom is 0.161 e. The largest absolute Gasteiger partial charge is 0.493 e. The van der Waals surface area contributed by atoms with E-state index in [0.717, 1.165) is 16.9 Å². The Morgan fingerprint density at radius 1 is 1.00 bits per heavy atom. The summed E-state index contributed by atoms with van der Waals surface area (Å²) in [6, 6.07) is 16.3. The molecule has 0 fully saturated rings. The van der Waals surface area contributed by atoms with E-state index in [1.807, 2.05) is 56.3 Å². The molecule has 0 aliphatic rings. The molecule has 0 spiro atoms. The number of hydrogen-bond donors (Lipinski definition) is 0. The summed E-state index contributed by atoms with van der Waals surface area (Å²) < 4.78 is 11.1. The van der Waals surface area contributed by atoms with Gasteiger partial charge in [0.25, 0.3) is 0 Å². The van der Waals surface area contributed by atoms with Crippen molar-refractivity contribution in [3.8, 4) is 17.6 Å². The standard InChI is InChI=1S/C19H21NO2/c1-14-4-7-16(8-5-14)17(13-20)10-11-22-18-9-6-15(2)12-19(18)21-3/h4-9,12,17H,10-11H2,1-3H3. The van der Waals surface area contributed by atoms with Crippen molar-refractivity contribution in [3.63, 3.8) is 0 Å². The molecule has 0 saturated heterocycles. The molecule has 0 saturated carbocycles. The molecule has 0 heterocycles. The summed E-state index contributed by atoms with van der Waals surface area (Å²) in [5.74, 6) is 1.29. The van der Waals surface area contributed by atoms with E-state index in [1.165, 1.54) is 5.56 Å². The van der Waals surface area contributed by atoms with Crippen LogP contribution in [0.15, 0.2) is 42.5 Å². The zero-order chi connectivity index (χ0) is 15.9. The molecule has 0 aromatic heterocycles. The Balaban J connectivity index is 1.97. The van der Waals surface area contributed by atoms with Crippen LogP contribution in [0.25, 0.3) is 0 Å². The van der Waals surface area contributed by atoms with Gasteiger partial charge >= 0.3 is 0 Å². The lowest BCUT2D eigenvalue weighted by Gasteiger charge is -2.13. The number of aryl methyl sites for hydroxylation is 2. The highest BCUT2D eigenvalue weighted by atomic mass is 16.5. The summed E-state index contributed by atoms with van der Waals surface area (Å²) in [5.41, 5.74) is 3.35. The zero-order valence-electron chi connectivity index (χ0n) is 13.3. The van der Waals surface area contributed by atoms with Crippen LogP contribution in [0.5, 0.6) is 11.5 Å². The van der Waals surface area contributed by atoms with Crippen LogP contribution in [0.2, 0.25) is 0 Å². The summed E-state index contributed by atoms with van der Waals surface area (Å²) >= 11 is 0. The van der Waals surface area contributed by atoms with E-state index in [9.17, 15) is 5.26 Å². The molecule has 0 N–H and O–H groups in total.